The number of carbonyl (C=O) groups excluding carboxylic acids is 1. The molecule has 0 aliphatic heterocycles. The quantitative estimate of drug-likeness (QED) is 0.480. The Kier molecular flexibility index (Phi) is 3.34. The van der Waals surface area contributed by atoms with E-state index >= 15 is 0 Å². The van der Waals surface area contributed by atoms with Crippen LogP contribution in [0.15, 0.2) is 66.7 Å². The summed E-state index contributed by atoms with van der Waals surface area (Å²) >= 11 is 2.23. The second kappa shape index (κ2) is 5.13. The van der Waals surface area contributed by atoms with Crippen LogP contribution in [0.2, 0.25) is 0 Å². The maximum absolute atomic E-state index is 12.7. The van der Waals surface area contributed by atoms with Gasteiger partial charge in [0.15, 0.2) is 5.78 Å². The summed E-state index contributed by atoms with van der Waals surface area (Å²) in [5, 5.41) is 2.12. The fourth-order valence-electron chi connectivity index (χ4n) is 2.21. The zero-order chi connectivity index (χ0) is 13.2. The Morgan fingerprint density at radius 2 is 1.47 bits per heavy atom. The molecule has 2 heteroatoms. The number of hydrogen-bond donors (Lipinski definition) is 0. The highest BCUT2D eigenvalue weighted by molar-refractivity contribution is 14.1. The maximum atomic E-state index is 12.7. The van der Waals surface area contributed by atoms with E-state index in [2.05, 4.69) is 28.7 Å². The smallest absolute Gasteiger partial charge is 0.194 e. The van der Waals surface area contributed by atoms with Crippen LogP contribution in [0.4, 0.5) is 0 Å². The van der Waals surface area contributed by atoms with E-state index in [1.54, 1.807) is 0 Å². The zero-order valence-electron chi connectivity index (χ0n) is 10.1. The molecule has 3 aromatic rings. The molecule has 0 aromatic heterocycles. The van der Waals surface area contributed by atoms with Gasteiger partial charge in [-0.1, -0.05) is 60.7 Å². The fraction of sp³-hybridized carbons (Fsp3) is 0. The summed E-state index contributed by atoms with van der Waals surface area (Å²) in [5.74, 6) is 0.0850. The molecular formula is C17H11IO. The van der Waals surface area contributed by atoms with Crippen LogP contribution in [-0.4, -0.2) is 5.78 Å². The molecule has 19 heavy (non-hydrogen) atoms. The summed E-state index contributed by atoms with van der Waals surface area (Å²) in [4.78, 5) is 12.7. The minimum atomic E-state index is 0.0850. The van der Waals surface area contributed by atoms with Crippen molar-refractivity contribution in [2.75, 3.05) is 0 Å². The highest BCUT2D eigenvalue weighted by Gasteiger charge is 2.15. The molecule has 3 rings (SSSR count). The molecule has 0 fully saturated rings. The lowest BCUT2D eigenvalue weighted by atomic mass is 9.97. The molecule has 0 radical (unpaired) electrons. The summed E-state index contributed by atoms with van der Waals surface area (Å²) in [6, 6.07) is 21.5. The highest BCUT2D eigenvalue weighted by Crippen LogP contribution is 2.26. The van der Waals surface area contributed by atoms with Crippen molar-refractivity contribution in [2.24, 2.45) is 0 Å². The molecule has 0 amide bonds. The standard InChI is InChI=1S/C17H11IO/c18-15-11-10-12-6-4-5-9-14(12)16(15)17(19)13-7-2-1-3-8-13/h1-11H. The summed E-state index contributed by atoms with van der Waals surface area (Å²) in [6.45, 7) is 0. The van der Waals surface area contributed by atoms with Crippen molar-refractivity contribution in [2.45, 2.75) is 0 Å². The number of fused-ring (bicyclic) bond motifs is 1. The van der Waals surface area contributed by atoms with Crippen molar-refractivity contribution in [3.63, 3.8) is 0 Å². The third-order valence-corrected chi connectivity index (χ3v) is 4.04. The number of ketones is 1. The first-order chi connectivity index (χ1) is 9.27. The van der Waals surface area contributed by atoms with Crippen LogP contribution in [0.25, 0.3) is 10.8 Å². The maximum Gasteiger partial charge on any atom is 0.194 e. The Hall–Kier alpha value is -1.68. The molecule has 0 bridgehead atoms. The van der Waals surface area contributed by atoms with Crippen molar-refractivity contribution >= 4 is 39.1 Å². The van der Waals surface area contributed by atoms with E-state index in [0.717, 1.165) is 25.5 Å². The molecule has 0 aliphatic carbocycles. The number of halogens is 1. The van der Waals surface area contributed by atoms with Crippen LogP contribution in [0.1, 0.15) is 15.9 Å². The molecule has 0 N–H and O–H groups in total. The number of hydrogen-bond acceptors (Lipinski definition) is 1. The van der Waals surface area contributed by atoms with E-state index in [9.17, 15) is 4.79 Å². The molecule has 0 atom stereocenters. The topological polar surface area (TPSA) is 17.1 Å². The number of rotatable bonds is 2. The highest BCUT2D eigenvalue weighted by atomic mass is 127. The average molecular weight is 358 g/mol. The first-order valence-corrected chi connectivity index (χ1v) is 7.12. The summed E-state index contributed by atoms with van der Waals surface area (Å²) in [7, 11) is 0. The SMILES string of the molecule is O=C(c1ccccc1)c1c(I)ccc2ccccc12. The van der Waals surface area contributed by atoms with Crippen LogP contribution in [0.5, 0.6) is 0 Å². The zero-order valence-corrected chi connectivity index (χ0v) is 12.3. The average Bonchev–Trinajstić information content (AvgIpc) is 2.47. The lowest BCUT2D eigenvalue weighted by molar-refractivity contribution is 0.103. The predicted octanol–water partition coefficient (Wildman–Crippen LogP) is 4.68. The van der Waals surface area contributed by atoms with Gasteiger partial charge in [-0.3, -0.25) is 4.79 Å². The van der Waals surface area contributed by atoms with Crippen LogP contribution < -0.4 is 0 Å². The third kappa shape index (κ3) is 2.28. The molecule has 0 aliphatic rings. The minimum absolute atomic E-state index is 0.0850. The summed E-state index contributed by atoms with van der Waals surface area (Å²) in [6.07, 6.45) is 0. The van der Waals surface area contributed by atoms with Crippen LogP contribution >= 0.6 is 22.6 Å². The third-order valence-electron chi connectivity index (χ3n) is 3.14. The van der Waals surface area contributed by atoms with E-state index in [1.165, 1.54) is 0 Å². The van der Waals surface area contributed by atoms with E-state index in [0.29, 0.717) is 0 Å². The van der Waals surface area contributed by atoms with E-state index in [1.807, 2.05) is 60.7 Å². The van der Waals surface area contributed by atoms with E-state index in [4.69, 9.17) is 0 Å². The van der Waals surface area contributed by atoms with Gasteiger partial charge in [0.05, 0.1) is 0 Å². The van der Waals surface area contributed by atoms with Gasteiger partial charge in [-0.15, -0.1) is 0 Å². The van der Waals surface area contributed by atoms with Crippen molar-refractivity contribution in [3.05, 3.63) is 81.4 Å². The Balaban J connectivity index is 2.25. The van der Waals surface area contributed by atoms with Gasteiger partial charge in [0.2, 0.25) is 0 Å². The van der Waals surface area contributed by atoms with Gasteiger partial charge in [-0.25, -0.2) is 0 Å². The largest absolute Gasteiger partial charge is 0.289 e. The van der Waals surface area contributed by atoms with Gasteiger partial charge in [0.25, 0.3) is 0 Å². The van der Waals surface area contributed by atoms with E-state index in [-0.39, 0.29) is 5.78 Å². The monoisotopic (exact) mass is 358 g/mol. The summed E-state index contributed by atoms with van der Waals surface area (Å²) in [5.41, 5.74) is 1.53. The Morgan fingerprint density at radius 3 is 2.26 bits per heavy atom. The van der Waals surface area contributed by atoms with Gasteiger partial charge in [0.1, 0.15) is 0 Å². The van der Waals surface area contributed by atoms with Crippen molar-refractivity contribution in [1.82, 2.24) is 0 Å². The second-order valence-corrected chi connectivity index (χ2v) is 5.50. The molecule has 3 aromatic carbocycles. The fourth-order valence-corrected chi connectivity index (χ4v) is 2.92. The van der Waals surface area contributed by atoms with Gasteiger partial charge >= 0.3 is 0 Å². The molecule has 0 saturated carbocycles. The lowest BCUT2D eigenvalue weighted by Gasteiger charge is -2.08. The normalized spacial score (nSPS) is 10.6. The second-order valence-electron chi connectivity index (χ2n) is 4.34. The number of benzene rings is 3. The van der Waals surface area contributed by atoms with Crippen molar-refractivity contribution < 1.29 is 4.79 Å². The molecule has 1 nitrogen and oxygen atoms in total. The molecule has 92 valence electrons. The molecule has 0 spiro atoms. The Labute approximate surface area is 125 Å². The van der Waals surface area contributed by atoms with Crippen LogP contribution in [-0.2, 0) is 0 Å². The Morgan fingerprint density at radius 1 is 0.789 bits per heavy atom. The van der Waals surface area contributed by atoms with Crippen molar-refractivity contribution in [1.29, 1.82) is 0 Å². The lowest BCUT2D eigenvalue weighted by Crippen LogP contribution is -2.04. The first-order valence-electron chi connectivity index (χ1n) is 6.04. The Bertz CT molecular complexity index is 748. The minimum Gasteiger partial charge on any atom is -0.289 e. The molecule has 0 saturated heterocycles. The van der Waals surface area contributed by atoms with Crippen LogP contribution in [0, 0.1) is 3.57 Å². The van der Waals surface area contributed by atoms with Gasteiger partial charge in [0, 0.05) is 14.7 Å². The first kappa shape index (κ1) is 12.4. The van der Waals surface area contributed by atoms with Crippen molar-refractivity contribution in [3.8, 4) is 0 Å². The molecule has 0 heterocycles. The molecule has 0 unspecified atom stereocenters. The summed E-state index contributed by atoms with van der Waals surface area (Å²) < 4.78 is 0.991. The number of carbonyl (C=O) groups is 1. The van der Waals surface area contributed by atoms with E-state index < -0.39 is 0 Å². The molecular weight excluding hydrogens is 347 g/mol. The van der Waals surface area contributed by atoms with Crippen LogP contribution in [0.3, 0.4) is 0 Å². The van der Waals surface area contributed by atoms with Gasteiger partial charge < -0.3 is 0 Å². The predicted molar refractivity (Wildman–Crippen MR) is 86.5 cm³/mol. The van der Waals surface area contributed by atoms with Gasteiger partial charge in [-0.05, 0) is 39.4 Å². The van der Waals surface area contributed by atoms with Gasteiger partial charge in [-0.2, -0.15) is 0 Å².